The van der Waals surface area contributed by atoms with E-state index in [1.165, 1.54) is 24.2 Å². The van der Waals surface area contributed by atoms with E-state index in [0.29, 0.717) is 10.6 Å². The zero-order chi connectivity index (χ0) is 11.4. The lowest BCUT2D eigenvalue weighted by Gasteiger charge is -2.10. The van der Waals surface area contributed by atoms with E-state index >= 15 is 0 Å². The Morgan fingerprint density at radius 3 is 2.88 bits per heavy atom. The highest BCUT2D eigenvalue weighted by Crippen LogP contribution is 2.22. The van der Waals surface area contributed by atoms with Crippen molar-refractivity contribution < 1.29 is 14.4 Å². The van der Waals surface area contributed by atoms with Crippen LogP contribution in [0.15, 0.2) is 11.4 Å². The van der Waals surface area contributed by atoms with Gasteiger partial charge >= 0.3 is 0 Å². The maximum absolute atomic E-state index is 11.6. The minimum Gasteiger partial charge on any atom is -0.496 e. The molecule has 2 rings (SSSR count). The van der Waals surface area contributed by atoms with Crippen LogP contribution in [-0.2, 0) is 4.84 Å². The Bertz CT molecular complexity index is 358. The van der Waals surface area contributed by atoms with Crippen LogP contribution in [0.2, 0.25) is 0 Å². The van der Waals surface area contributed by atoms with Gasteiger partial charge < -0.3 is 4.74 Å². The van der Waals surface area contributed by atoms with Gasteiger partial charge in [0.25, 0.3) is 5.91 Å². The molecule has 0 aliphatic heterocycles. The Morgan fingerprint density at radius 2 is 2.25 bits per heavy atom. The normalized spacial score (nSPS) is 16.3. The average molecular weight is 241 g/mol. The number of ether oxygens (including phenoxy) is 1. The van der Waals surface area contributed by atoms with E-state index in [9.17, 15) is 4.79 Å². The second-order valence-electron chi connectivity index (χ2n) is 3.81. The summed E-state index contributed by atoms with van der Waals surface area (Å²) < 4.78 is 5.01. The zero-order valence-electron chi connectivity index (χ0n) is 9.19. The summed E-state index contributed by atoms with van der Waals surface area (Å²) in [7, 11) is 1.58. The zero-order valence-corrected chi connectivity index (χ0v) is 10.0. The van der Waals surface area contributed by atoms with Crippen LogP contribution in [-0.4, -0.2) is 19.1 Å². The third kappa shape index (κ3) is 2.74. The monoisotopic (exact) mass is 241 g/mol. The van der Waals surface area contributed by atoms with Gasteiger partial charge in [-0.3, -0.25) is 9.63 Å². The Balaban J connectivity index is 1.82. The van der Waals surface area contributed by atoms with Crippen molar-refractivity contribution in [2.75, 3.05) is 7.11 Å². The number of hydroxylamine groups is 1. The quantitative estimate of drug-likeness (QED) is 0.823. The number of carbonyl (C=O) groups is 1. The molecule has 1 N–H and O–H groups in total. The molecule has 88 valence electrons. The molecule has 1 aromatic heterocycles. The summed E-state index contributed by atoms with van der Waals surface area (Å²) in [6.07, 6.45) is 4.63. The molecule has 0 unspecified atom stereocenters. The van der Waals surface area contributed by atoms with Gasteiger partial charge in [-0.2, -0.15) is 0 Å². The van der Waals surface area contributed by atoms with Crippen molar-refractivity contribution in [3.63, 3.8) is 0 Å². The van der Waals surface area contributed by atoms with Crippen LogP contribution in [0.1, 0.15) is 35.4 Å². The molecule has 0 spiro atoms. The third-order valence-corrected chi connectivity index (χ3v) is 3.56. The standard InChI is InChI=1S/C11H15NO3S/c1-14-9-6-10(16-7-9)11(13)12-15-8-4-2-3-5-8/h6-8H,2-5H2,1H3,(H,12,13). The number of rotatable bonds is 4. The number of hydrogen-bond donors (Lipinski definition) is 1. The number of methoxy groups -OCH3 is 1. The van der Waals surface area contributed by atoms with Crippen LogP contribution in [0.25, 0.3) is 0 Å². The SMILES string of the molecule is COc1csc(C(=O)NOC2CCCC2)c1. The van der Waals surface area contributed by atoms with Crippen LogP contribution in [0.4, 0.5) is 0 Å². The topological polar surface area (TPSA) is 47.6 Å². The molecule has 1 aromatic rings. The molecule has 5 heteroatoms. The molecule has 1 aliphatic rings. The number of nitrogens with one attached hydrogen (secondary N) is 1. The smallest absolute Gasteiger partial charge is 0.285 e. The molecule has 0 radical (unpaired) electrons. The Labute approximate surface area is 98.5 Å². The van der Waals surface area contributed by atoms with E-state index < -0.39 is 0 Å². The van der Waals surface area contributed by atoms with Gasteiger partial charge in [-0.05, 0) is 12.8 Å². The van der Waals surface area contributed by atoms with Crippen LogP contribution in [0.3, 0.4) is 0 Å². The Morgan fingerprint density at radius 1 is 1.50 bits per heavy atom. The molecule has 1 fully saturated rings. The van der Waals surface area contributed by atoms with Gasteiger partial charge in [-0.25, -0.2) is 5.48 Å². The minimum atomic E-state index is -0.194. The first kappa shape index (κ1) is 11.4. The van der Waals surface area contributed by atoms with Crippen molar-refractivity contribution in [3.8, 4) is 5.75 Å². The first-order valence-electron chi connectivity index (χ1n) is 5.38. The van der Waals surface area contributed by atoms with E-state index in [1.54, 1.807) is 18.6 Å². The third-order valence-electron chi connectivity index (χ3n) is 2.66. The lowest BCUT2D eigenvalue weighted by atomic mass is 10.3. The largest absolute Gasteiger partial charge is 0.496 e. The molecule has 4 nitrogen and oxygen atoms in total. The van der Waals surface area contributed by atoms with E-state index in [0.717, 1.165) is 12.8 Å². The van der Waals surface area contributed by atoms with Crippen molar-refractivity contribution in [2.45, 2.75) is 31.8 Å². The summed E-state index contributed by atoms with van der Waals surface area (Å²) >= 11 is 1.35. The molecule has 0 bridgehead atoms. The van der Waals surface area contributed by atoms with Crippen LogP contribution >= 0.6 is 11.3 Å². The van der Waals surface area contributed by atoms with Gasteiger partial charge in [0.15, 0.2) is 0 Å². The minimum absolute atomic E-state index is 0.186. The molecular formula is C11H15NO3S. The average Bonchev–Trinajstić information content (AvgIpc) is 2.96. The van der Waals surface area contributed by atoms with Crippen molar-refractivity contribution >= 4 is 17.2 Å². The molecule has 1 saturated carbocycles. The highest BCUT2D eigenvalue weighted by atomic mass is 32.1. The molecule has 0 atom stereocenters. The molecular weight excluding hydrogens is 226 g/mol. The lowest BCUT2D eigenvalue weighted by molar-refractivity contribution is -0.0122. The number of thiophene rings is 1. The van der Waals surface area contributed by atoms with Crippen LogP contribution < -0.4 is 10.2 Å². The number of hydrogen-bond acceptors (Lipinski definition) is 4. The first-order valence-corrected chi connectivity index (χ1v) is 6.26. The highest BCUT2D eigenvalue weighted by molar-refractivity contribution is 7.12. The van der Waals surface area contributed by atoms with E-state index in [2.05, 4.69) is 5.48 Å². The second-order valence-corrected chi connectivity index (χ2v) is 4.72. The fourth-order valence-corrected chi connectivity index (χ4v) is 2.48. The van der Waals surface area contributed by atoms with E-state index in [4.69, 9.17) is 9.57 Å². The van der Waals surface area contributed by atoms with Gasteiger partial charge in [0.1, 0.15) is 5.75 Å². The Kier molecular flexibility index (Phi) is 3.79. The Hall–Kier alpha value is -1.07. The van der Waals surface area contributed by atoms with Gasteiger partial charge in [0.2, 0.25) is 0 Å². The summed E-state index contributed by atoms with van der Waals surface area (Å²) in [5.41, 5.74) is 2.49. The maximum Gasteiger partial charge on any atom is 0.285 e. The second kappa shape index (κ2) is 5.32. The fourth-order valence-electron chi connectivity index (χ4n) is 1.74. The predicted molar refractivity (Wildman–Crippen MR) is 61.7 cm³/mol. The summed E-state index contributed by atoms with van der Waals surface area (Å²) in [6.45, 7) is 0. The summed E-state index contributed by atoms with van der Waals surface area (Å²) in [5, 5.41) is 1.80. The van der Waals surface area contributed by atoms with Crippen molar-refractivity contribution in [1.29, 1.82) is 0 Å². The van der Waals surface area contributed by atoms with E-state index in [1.807, 2.05) is 0 Å². The summed E-state index contributed by atoms with van der Waals surface area (Å²) in [6, 6.07) is 1.71. The number of carbonyl (C=O) groups excluding carboxylic acids is 1. The van der Waals surface area contributed by atoms with E-state index in [-0.39, 0.29) is 12.0 Å². The lowest BCUT2D eigenvalue weighted by Crippen LogP contribution is -2.27. The van der Waals surface area contributed by atoms with Gasteiger partial charge in [-0.1, -0.05) is 12.8 Å². The van der Waals surface area contributed by atoms with Gasteiger partial charge in [0.05, 0.1) is 18.1 Å². The predicted octanol–water partition coefficient (Wildman–Crippen LogP) is 2.36. The van der Waals surface area contributed by atoms with Crippen molar-refractivity contribution in [3.05, 3.63) is 16.3 Å². The summed E-state index contributed by atoms with van der Waals surface area (Å²) in [4.78, 5) is 17.6. The van der Waals surface area contributed by atoms with Crippen LogP contribution in [0, 0.1) is 0 Å². The fraction of sp³-hybridized carbons (Fsp3) is 0.545. The van der Waals surface area contributed by atoms with Crippen LogP contribution in [0.5, 0.6) is 5.75 Å². The van der Waals surface area contributed by atoms with Gasteiger partial charge in [0, 0.05) is 11.4 Å². The maximum atomic E-state index is 11.6. The van der Waals surface area contributed by atoms with Crippen molar-refractivity contribution in [2.24, 2.45) is 0 Å². The summed E-state index contributed by atoms with van der Waals surface area (Å²) in [5.74, 6) is 0.510. The molecule has 0 saturated heterocycles. The molecule has 1 amide bonds. The number of amides is 1. The van der Waals surface area contributed by atoms with Crippen molar-refractivity contribution in [1.82, 2.24) is 5.48 Å². The molecule has 16 heavy (non-hydrogen) atoms. The molecule has 1 aliphatic carbocycles. The first-order chi connectivity index (χ1) is 7.79. The molecule has 0 aromatic carbocycles. The van der Waals surface area contributed by atoms with Gasteiger partial charge in [-0.15, -0.1) is 11.3 Å². The molecule has 1 heterocycles. The highest BCUT2D eigenvalue weighted by Gasteiger charge is 2.17.